The van der Waals surface area contributed by atoms with Gasteiger partial charge >= 0.3 is 0 Å². The van der Waals surface area contributed by atoms with Crippen molar-refractivity contribution in [2.75, 3.05) is 25.0 Å². The van der Waals surface area contributed by atoms with Crippen molar-refractivity contribution < 1.29 is 9.53 Å². The van der Waals surface area contributed by atoms with Gasteiger partial charge in [0.15, 0.2) is 0 Å². The summed E-state index contributed by atoms with van der Waals surface area (Å²) in [6, 6.07) is 5.43. The average molecular weight is 277 g/mol. The topological polar surface area (TPSA) is 63.2 Å². The Morgan fingerprint density at radius 1 is 1.45 bits per heavy atom. The highest BCUT2D eigenvalue weighted by Gasteiger charge is 2.27. The molecule has 1 aromatic rings. The van der Waals surface area contributed by atoms with Gasteiger partial charge in [0.05, 0.1) is 6.10 Å². The summed E-state index contributed by atoms with van der Waals surface area (Å²) in [7, 11) is 0. The van der Waals surface area contributed by atoms with E-state index < -0.39 is 0 Å². The Labute approximate surface area is 120 Å². The quantitative estimate of drug-likeness (QED) is 0.835. The molecule has 0 bridgehead atoms. The normalized spacial score (nSPS) is 21.7. The van der Waals surface area contributed by atoms with Gasteiger partial charge in [-0.25, -0.2) is 4.98 Å². The average Bonchev–Trinajstić information content (AvgIpc) is 2.93. The van der Waals surface area contributed by atoms with Crippen LogP contribution in [-0.4, -0.2) is 36.7 Å². The molecule has 0 saturated carbocycles. The maximum Gasteiger partial charge on any atom is 0.269 e. The Hall–Kier alpha value is -1.62. The second-order valence-electron chi connectivity index (χ2n) is 5.01. The molecule has 1 aliphatic heterocycles. The van der Waals surface area contributed by atoms with E-state index in [9.17, 15) is 4.79 Å². The summed E-state index contributed by atoms with van der Waals surface area (Å²) in [5.74, 6) is 1.03. The smallest absolute Gasteiger partial charge is 0.269 e. The molecule has 0 radical (unpaired) electrons. The molecule has 2 atom stereocenters. The van der Waals surface area contributed by atoms with Gasteiger partial charge in [-0.3, -0.25) is 4.79 Å². The maximum atomic E-state index is 12.1. The van der Waals surface area contributed by atoms with Crippen LogP contribution >= 0.6 is 0 Å². The minimum absolute atomic E-state index is 0.119. The summed E-state index contributed by atoms with van der Waals surface area (Å²) in [4.78, 5) is 16.4. The monoisotopic (exact) mass is 277 g/mol. The SMILES string of the molecule is CCNc1cccc(C(=O)NCC2CCOC2CC)n1. The molecule has 0 spiro atoms. The molecule has 2 rings (SSSR count). The predicted molar refractivity (Wildman–Crippen MR) is 78.9 cm³/mol. The second-order valence-corrected chi connectivity index (χ2v) is 5.01. The van der Waals surface area contributed by atoms with E-state index in [1.165, 1.54) is 0 Å². The highest BCUT2D eigenvalue weighted by atomic mass is 16.5. The van der Waals surface area contributed by atoms with Crippen LogP contribution in [0.2, 0.25) is 0 Å². The number of carbonyl (C=O) groups is 1. The van der Waals surface area contributed by atoms with E-state index >= 15 is 0 Å². The fourth-order valence-corrected chi connectivity index (χ4v) is 2.53. The first-order chi connectivity index (χ1) is 9.74. The summed E-state index contributed by atoms with van der Waals surface area (Å²) < 4.78 is 5.63. The van der Waals surface area contributed by atoms with E-state index in [1.54, 1.807) is 6.07 Å². The van der Waals surface area contributed by atoms with Gasteiger partial charge in [0.25, 0.3) is 5.91 Å². The number of hydrogen-bond donors (Lipinski definition) is 2. The molecule has 0 aromatic carbocycles. The molecule has 1 saturated heterocycles. The number of ether oxygens (including phenoxy) is 1. The lowest BCUT2D eigenvalue weighted by atomic mass is 10.00. The van der Waals surface area contributed by atoms with E-state index in [0.29, 0.717) is 18.2 Å². The van der Waals surface area contributed by atoms with Crippen LogP contribution in [0, 0.1) is 5.92 Å². The number of anilines is 1. The minimum Gasteiger partial charge on any atom is -0.378 e. The van der Waals surface area contributed by atoms with Crippen molar-refractivity contribution in [3.05, 3.63) is 23.9 Å². The first-order valence-electron chi connectivity index (χ1n) is 7.35. The van der Waals surface area contributed by atoms with Crippen molar-refractivity contribution in [1.29, 1.82) is 0 Å². The lowest BCUT2D eigenvalue weighted by Gasteiger charge is -2.17. The summed E-state index contributed by atoms with van der Waals surface area (Å²) in [5.41, 5.74) is 0.454. The van der Waals surface area contributed by atoms with Crippen molar-refractivity contribution in [2.24, 2.45) is 5.92 Å². The molecule has 1 amide bonds. The maximum absolute atomic E-state index is 12.1. The molecule has 0 aliphatic carbocycles. The van der Waals surface area contributed by atoms with Crippen LogP contribution < -0.4 is 10.6 Å². The van der Waals surface area contributed by atoms with E-state index in [4.69, 9.17) is 4.74 Å². The van der Waals surface area contributed by atoms with Gasteiger partial charge in [-0.15, -0.1) is 0 Å². The minimum atomic E-state index is -0.119. The molecule has 2 unspecified atom stereocenters. The highest BCUT2D eigenvalue weighted by molar-refractivity contribution is 5.92. The summed E-state index contributed by atoms with van der Waals surface area (Å²) in [6.45, 7) is 6.36. The van der Waals surface area contributed by atoms with Crippen molar-refractivity contribution in [3.8, 4) is 0 Å². The molecule has 5 heteroatoms. The van der Waals surface area contributed by atoms with Gasteiger partial charge in [0.1, 0.15) is 11.5 Å². The first kappa shape index (κ1) is 14.8. The van der Waals surface area contributed by atoms with Gasteiger partial charge < -0.3 is 15.4 Å². The zero-order valence-electron chi connectivity index (χ0n) is 12.2. The molecular weight excluding hydrogens is 254 g/mol. The second kappa shape index (κ2) is 7.24. The van der Waals surface area contributed by atoms with Crippen LogP contribution in [0.5, 0.6) is 0 Å². The number of carbonyl (C=O) groups excluding carboxylic acids is 1. The fourth-order valence-electron chi connectivity index (χ4n) is 2.53. The van der Waals surface area contributed by atoms with E-state index in [-0.39, 0.29) is 12.0 Å². The van der Waals surface area contributed by atoms with Gasteiger partial charge in [-0.05, 0) is 31.9 Å². The number of nitrogens with zero attached hydrogens (tertiary/aromatic N) is 1. The number of pyridine rings is 1. The highest BCUT2D eigenvalue weighted by Crippen LogP contribution is 2.22. The number of nitrogens with one attached hydrogen (secondary N) is 2. The molecular formula is C15H23N3O2. The van der Waals surface area contributed by atoms with E-state index in [2.05, 4.69) is 22.5 Å². The molecule has 2 N–H and O–H groups in total. The number of amides is 1. The Balaban J connectivity index is 1.89. The van der Waals surface area contributed by atoms with Gasteiger partial charge in [-0.2, -0.15) is 0 Å². The summed E-state index contributed by atoms with van der Waals surface area (Å²) in [6.07, 6.45) is 2.29. The van der Waals surface area contributed by atoms with E-state index in [0.717, 1.165) is 31.8 Å². The third-order valence-electron chi connectivity index (χ3n) is 3.61. The summed E-state index contributed by atoms with van der Waals surface area (Å²) >= 11 is 0. The van der Waals surface area contributed by atoms with Crippen LogP contribution in [0.25, 0.3) is 0 Å². The third-order valence-corrected chi connectivity index (χ3v) is 3.61. The Kier molecular flexibility index (Phi) is 5.35. The third kappa shape index (κ3) is 3.70. The molecule has 5 nitrogen and oxygen atoms in total. The Morgan fingerprint density at radius 3 is 3.05 bits per heavy atom. The van der Waals surface area contributed by atoms with Crippen molar-refractivity contribution in [2.45, 2.75) is 32.8 Å². The summed E-state index contributed by atoms with van der Waals surface area (Å²) in [5, 5.41) is 6.07. The Bertz CT molecular complexity index is 450. The lowest BCUT2D eigenvalue weighted by molar-refractivity contribution is 0.0825. The Morgan fingerprint density at radius 2 is 2.30 bits per heavy atom. The molecule has 1 aromatic heterocycles. The van der Waals surface area contributed by atoms with Crippen LogP contribution in [0.1, 0.15) is 37.2 Å². The molecule has 1 fully saturated rings. The van der Waals surface area contributed by atoms with Crippen molar-refractivity contribution >= 4 is 11.7 Å². The molecule has 1 aliphatic rings. The van der Waals surface area contributed by atoms with Crippen molar-refractivity contribution in [3.63, 3.8) is 0 Å². The largest absolute Gasteiger partial charge is 0.378 e. The van der Waals surface area contributed by atoms with Crippen LogP contribution in [0.3, 0.4) is 0 Å². The standard InChI is InChI=1S/C15H23N3O2/c1-3-13-11(8-9-20-13)10-17-15(19)12-6-5-7-14(18-12)16-4-2/h5-7,11,13H,3-4,8-10H2,1-2H3,(H,16,18)(H,17,19). The fraction of sp³-hybridized carbons (Fsp3) is 0.600. The zero-order valence-corrected chi connectivity index (χ0v) is 12.2. The first-order valence-corrected chi connectivity index (χ1v) is 7.35. The number of aromatic nitrogens is 1. The molecule has 20 heavy (non-hydrogen) atoms. The molecule has 2 heterocycles. The molecule has 110 valence electrons. The number of hydrogen-bond acceptors (Lipinski definition) is 4. The number of rotatable bonds is 6. The predicted octanol–water partition coefficient (Wildman–Crippen LogP) is 2.06. The van der Waals surface area contributed by atoms with Crippen LogP contribution in [0.4, 0.5) is 5.82 Å². The van der Waals surface area contributed by atoms with Gasteiger partial charge in [0, 0.05) is 25.6 Å². The van der Waals surface area contributed by atoms with Crippen LogP contribution in [-0.2, 0) is 4.74 Å². The van der Waals surface area contributed by atoms with Gasteiger partial charge in [0.2, 0.25) is 0 Å². The van der Waals surface area contributed by atoms with Crippen molar-refractivity contribution in [1.82, 2.24) is 10.3 Å². The lowest BCUT2D eigenvalue weighted by Crippen LogP contribution is -2.33. The van der Waals surface area contributed by atoms with Gasteiger partial charge in [-0.1, -0.05) is 13.0 Å². The zero-order chi connectivity index (χ0) is 14.4. The van der Waals surface area contributed by atoms with Crippen LogP contribution in [0.15, 0.2) is 18.2 Å². The van der Waals surface area contributed by atoms with E-state index in [1.807, 2.05) is 19.1 Å².